The number of hydrogen-bond donors (Lipinski definition) is 0. The van der Waals surface area contributed by atoms with Gasteiger partial charge in [-0.3, -0.25) is 0 Å². The summed E-state index contributed by atoms with van der Waals surface area (Å²) in [5.74, 6) is 1.68. The van der Waals surface area contributed by atoms with Crippen molar-refractivity contribution in [2.45, 2.75) is 52.4 Å². The summed E-state index contributed by atoms with van der Waals surface area (Å²) in [7, 11) is 0. The molecule has 0 aliphatic carbocycles. The number of benzene rings is 8. The van der Waals surface area contributed by atoms with Crippen LogP contribution in [0.1, 0.15) is 52.7 Å². The minimum absolute atomic E-state index is 0.0100. The molecule has 0 aromatic heterocycles. The summed E-state index contributed by atoms with van der Waals surface area (Å²) in [4.78, 5) is 4.96. The Balaban J connectivity index is 1.29. The topological polar surface area (TPSA) is 15.7 Å². The zero-order valence-electron chi connectivity index (χ0n) is 35.4. The summed E-state index contributed by atoms with van der Waals surface area (Å²) in [6.45, 7) is 13.6. The van der Waals surface area contributed by atoms with Gasteiger partial charge < -0.3 is 14.5 Å². The largest absolute Gasteiger partial charge is 0.456 e. The minimum Gasteiger partial charge on any atom is -0.456 e. The fraction of sp³-hybridized carbons (Fsp3) is 0.143. The van der Waals surface area contributed by atoms with Crippen molar-refractivity contribution in [2.75, 3.05) is 9.80 Å². The Bertz CT molecular complexity index is 2890. The first-order valence-corrected chi connectivity index (χ1v) is 24.0. The molecular formula is C56H47N2OPS. The van der Waals surface area contributed by atoms with E-state index in [2.05, 4.69) is 227 Å². The number of ether oxygens (including phenoxy) is 1. The molecule has 0 amide bonds. The van der Waals surface area contributed by atoms with Gasteiger partial charge in [-0.15, -0.1) is 0 Å². The summed E-state index contributed by atoms with van der Waals surface area (Å²) in [5, 5.41) is 3.44. The molecule has 11 rings (SSSR count). The lowest BCUT2D eigenvalue weighted by Gasteiger charge is -2.49. The van der Waals surface area contributed by atoms with Crippen molar-refractivity contribution >= 4 is 67.9 Å². The van der Waals surface area contributed by atoms with Crippen LogP contribution in [-0.2, 0) is 22.6 Å². The van der Waals surface area contributed by atoms with E-state index >= 15 is 0 Å². The summed E-state index contributed by atoms with van der Waals surface area (Å²) >= 11 is 7.49. The lowest BCUT2D eigenvalue weighted by molar-refractivity contribution is 0.489. The van der Waals surface area contributed by atoms with Crippen LogP contribution >= 0.6 is 6.04 Å². The molecule has 0 radical (unpaired) electrons. The fourth-order valence-electron chi connectivity index (χ4n) is 9.47. The Morgan fingerprint density at radius 1 is 0.377 bits per heavy atom. The molecule has 3 aliphatic rings. The maximum absolute atomic E-state index is 7.49. The summed E-state index contributed by atoms with van der Waals surface area (Å²) in [6, 6.07) is 61.7. The van der Waals surface area contributed by atoms with Gasteiger partial charge in [0.1, 0.15) is 11.5 Å². The quantitative estimate of drug-likeness (QED) is 0.161. The second kappa shape index (κ2) is 13.7. The van der Waals surface area contributed by atoms with Crippen molar-refractivity contribution < 1.29 is 4.74 Å². The molecule has 0 atom stereocenters. The standard InChI is InChI=1S/C56H47N2OPS/c1-55(2,3)42-22-26-44(27-23-42)57-46-30-39(36-16-10-7-11-17-36)31-47-52(46)60(61)53-48(57)32-40(37-18-12-8-13-19-37)34-50(53)59-51-35-41(38-20-14-9-15-21-38)33-49(54(51)60)58(47)45-28-24-43(25-29-45)56(4,5)6/h7-35H,1-6H3. The SMILES string of the molecule is CC(C)(C)c1ccc(N2c3cc(-c4ccccc4)cc4c3P3(=S)c5c(cc(-c6ccccc6)cc5N(c5ccc(C(C)(C)C)cc5)c5cc(-c6ccccc6)cc2c53)O4)cc1. The molecule has 0 saturated heterocycles. The molecule has 5 heteroatoms. The van der Waals surface area contributed by atoms with Crippen LogP contribution in [0.3, 0.4) is 0 Å². The third-order valence-electron chi connectivity index (χ3n) is 12.6. The van der Waals surface area contributed by atoms with E-state index in [0.717, 1.165) is 89.6 Å². The van der Waals surface area contributed by atoms with Gasteiger partial charge in [0.25, 0.3) is 0 Å². The van der Waals surface area contributed by atoms with Gasteiger partial charge in [-0.25, -0.2) is 0 Å². The van der Waals surface area contributed by atoms with Crippen molar-refractivity contribution in [2.24, 2.45) is 0 Å². The predicted molar refractivity (Wildman–Crippen MR) is 263 cm³/mol. The number of nitrogens with zero attached hydrogens (tertiary/aromatic N) is 2. The van der Waals surface area contributed by atoms with E-state index < -0.39 is 6.04 Å². The van der Waals surface area contributed by atoms with E-state index in [1.807, 2.05) is 0 Å². The monoisotopic (exact) mass is 826 g/mol. The molecule has 8 aromatic carbocycles. The molecule has 0 saturated carbocycles. The van der Waals surface area contributed by atoms with Crippen molar-refractivity contribution in [1.29, 1.82) is 0 Å². The van der Waals surface area contributed by atoms with Gasteiger partial charge in [0.05, 0.1) is 39.4 Å². The number of rotatable bonds is 5. The molecule has 0 bridgehead atoms. The summed E-state index contributed by atoms with van der Waals surface area (Å²) in [5.41, 5.74) is 15.9. The smallest absolute Gasteiger partial charge is 0.139 e. The van der Waals surface area contributed by atoms with Gasteiger partial charge in [0, 0.05) is 16.7 Å². The molecule has 298 valence electrons. The molecule has 3 aliphatic heterocycles. The summed E-state index contributed by atoms with van der Waals surface area (Å²) in [6.07, 6.45) is 0. The zero-order chi connectivity index (χ0) is 41.8. The maximum Gasteiger partial charge on any atom is 0.139 e. The molecule has 3 nitrogen and oxygen atoms in total. The first kappa shape index (κ1) is 37.8. The Morgan fingerprint density at radius 2 is 0.689 bits per heavy atom. The lowest BCUT2D eigenvalue weighted by Crippen LogP contribution is -2.45. The van der Waals surface area contributed by atoms with Crippen molar-refractivity contribution in [3.05, 3.63) is 187 Å². The van der Waals surface area contributed by atoms with E-state index in [1.165, 1.54) is 16.4 Å². The molecule has 0 N–H and O–H groups in total. The molecule has 61 heavy (non-hydrogen) atoms. The number of anilines is 6. The van der Waals surface area contributed by atoms with Gasteiger partial charge in [-0.1, -0.05) is 169 Å². The maximum atomic E-state index is 7.49. The lowest BCUT2D eigenvalue weighted by atomic mass is 9.87. The van der Waals surface area contributed by atoms with Crippen molar-refractivity contribution in [3.63, 3.8) is 0 Å². The van der Waals surface area contributed by atoms with Crippen LogP contribution in [-0.4, -0.2) is 0 Å². The van der Waals surface area contributed by atoms with Crippen LogP contribution in [0, 0.1) is 0 Å². The normalized spacial score (nSPS) is 14.3. The van der Waals surface area contributed by atoms with Gasteiger partial charge in [-0.05, 0) is 116 Å². The molecule has 0 fully saturated rings. The third kappa shape index (κ3) is 5.95. The summed E-state index contributed by atoms with van der Waals surface area (Å²) < 4.78 is 7.34. The highest BCUT2D eigenvalue weighted by Gasteiger charge is 2.51. The Hall–Kier alpha value is -6.19. The second-order valence-corrected chi connectivity index (χ2v) is 22.8. The fourth-order valence-corrected chi connectivity index (χ4v) is 14.6. The van der Waals surface area contributed by atoms with E-state index in [-0.39, 0.29) is 10.8 Å². The Morgan fingerprint density at radius 3 is 1.02 bits per heavy atom. The van der Waals surface area contributed by atoms with Crippen LogP contribution in [0.5, 0.6) is 11.5 Å². The Kier molecular flexibility index (Phi) is 8.46. The van der Waals surface area contributed by atoms with Crippen LogP contribution in [0.2, 0.25) is 0 Å². The highest BCUT2D eigenvalue weighted by molar-refractivity contribution is 8.26. The van der Waals surface area contributed by atoms with Crippen LogP contribution in [0.25, 0.3) is 33.4 Å². The molecule has 3 heterocycles. The van der Waals surface area contributed by atoms with E-state index in [1.54, 1.807) is 0 Å². The highest BCUT2D eigenvalue weighted by atomic mass is 32.4. The average molecular weight is 827 g/mol. The van der Waals surface area contributed by atoms with Gasteiger partial charge in [0.2, 0.25) is 0 Å². The minimum atomic E-state index is -2.78. The van der Waals surface area contributed by atoms with Crippen LogP contribution in [0.4, 0.5) is 34.1 Å². The van der Waals surface area contributed by atoms with E-state index in [9.17, 15) is 0 Å². The van der Waals surface area contributed by atoms with Crippen molar-refractivity contribution in [1.82, 2.24) is 0 Å². The molecule has 0 unspecified atom stereocenters. The van der Waals surface area contributed by atoms with E-state index in [0.29, 0.717) is 0 Å². The average Bonchev–Trinajstić information content (AvgIpc) is 3.26. The Labute approximate surface area is 364 Å². The van der Waals surface area contributed by atoms with Crippen LogP contribution < -0.4 is 30.5 Å². The predicted octanol–water partition coefficient (Wildman–Crippen LogP) is 14.7. The number of hydrogen-bond acceptors (Lipinski definition) is 4. The molecule has 8 aromatic rings. The second-order valence-electron chi connectivity index (χ2n) is 18.6. The molecule has 0 spiro atoms. The third-order valence-corrected chi connectivity index (χ3v) is 17.5. The first-order chi connectivity index (χ1) is 29.4. The van der Waals surface area contributed by atoms with Gasteiger partial charge in [-0.2, -0.15) is 0 Å². The van der Waals surface area contributed by atoms with E-state index in [4.69, 9.17) is 16.5 Å². The van der Waals surface area contributed by atoms with Crippen LogP contribution in [0.15, 0.2) is 176 Å². The van der Waals surface area contributed by atoms with Gasteiger partial charge >= 0.3 is 0 Å². The van der Waals surface area contributed by atoms with Crippen molar-refractivity contribution in [3.8, 4) is 44.9 Å². The highest BCUT2D eigenvalue weighted by Crippen LogP contribution is 2.67. The van der Waals surface area contributed by atoms with Gasteiger partial charge in [0.15, 0.2) is 0 Å². The first-order valence-electron chi connectivity index (χ1n) is 21.2. The molecular weight excluding hydrogens is 780 g/mol. The zero-order valence-corrected chi connectivity index (χ0v) is 37.1.